The van der Waals surface area contributed by atoms with E-state index in [0.717, 1.165) is 31.7 Å². The van der Waals surface area contributed by atoms with Crippen molar-refractivity contribution in [3.05, 3.63) is 35.4 Å². The summed E-state index contributed by atoms with van der Waals surface area (Å²) < 4.78 is 26.5. The summed E-state index contributed by atoms with van der Waals surface area (Å²) in [5, 5.41) is 13.5. The maximum atomic E-state index is 13.6. The molecule has 0 radical (unpaired) electrons. The molecule has 1 aromatic carbocycles. The van der Waals surface area contributed by atoms with Gasteiger partial charge in [0, 0.05) is 24.2 Å². The van der Waals surface area contributed by atoms with Crippen LogP contribution in [0.4, 0.5) is 8.78 Å². The third-order valence-electron chi connectivity index (χ3n) is 3.95. The van der Waals surface area contributed by atoms with Crippen molar-refractivity contribution in [2.75, 3.05) is 6.54 Å². The van der Waals surface area contributed by atoms with Gasteiger partial charge in [0.2, 0.25) is 0 Å². The van der Waals surface area contributed by atoms with E-state index in [2.05, 4.69) is 5.32 Å². The fourth-order valence-electron chi connectivity index (χ4n) is 2.69. The Morgan fingerprint density at radius 1 is 1.26 bits per heavy atom. The van der Waals surface area contributed by atoms with Gasteiger partial charge in [-0.1, -0.05) is 25.3 Å². The number of hydrogen-bond donors (Lipinski definition) is 2. The summed E-state index contributed by atoms with van der Waals surface area (Å²) in [5.41, 5.74) is -0.246. The second kappa shape index (κ2) is 5.97. The zero-order valence-electron chi connectivity index (χ0n) is 11.3. The Kier molecular flexibility index (Phi) is 4.53. The van der Waals surface area contributed by atoms with Crippen molar-refractivity contribution < 1.29 is 13.9 Å². The van der Waals surface area contributed by atoms with E-state index in [1.54, 1.807) is 0 Å². The number of aliphatic hydroxyl groups is 1. The Morgan fingerprint density at radius 3 is 2.58 bits per heavy atom. The van der Waals surface area contributed by atoms with E-state index in [-0.39, 0.29) is 6.04 Å². The molecule has 1 fully saturated rings. The minimum atomic E-state index is -0.678. The van der Waals surface area contributed by atoms with Crippen LogP contribution in [0.3, 0.4) is 0 Å². The van der Waals surface area contributed by atoms with Crippen molar-refractivity contribution in [3.8, 4) is 0 Å². The first kappa shape index (κ1) is 14.4. The Bertz CT molecular complexity index is 430. The molecule has 1 aliphatic carbocycles. The standard InChI is InChI=1S/C15H21F2NO/c1-11(13-6-5-12(16)9-14(13)17)18-10-15(19)7-3-2-4-8-15/h5-6,9,11,18-19H,2-4,7-8,10H2,1H3. The fraction of sp³-hybridized carbons (Fsp3) is 0.600. The van der Waals surface area contributed by atoms with Gasteiger partial charge in [-0.15, -0.1) is 0 Å². The average Bonchev–Trinajstić information content (AvgIpc) is 2.37. The normalized spacial score (nSPS) is 20.2. The number of halogens is 2. The minimum absolute atomic E-state index is 0.244. The Morgan fingerprint density at radius 2 is 1.95 bits per heavy atom. The minimum Gasteiger partial charge on any atom is -0.389 e. The third kappa shape index (κ3) is 3.74. The highest BCUT2D eigenvalue weighted by Crippen LogP contribution is 2.28. The van der Waals surface area contributed by atoms with Crippen molar-refractivity contribution in [1.29, 1.82) is 0 Å². The first-order valence-corrected chi connectivity index (χ1v) is 6.91. The second-order valence-corrected chi connectivity index (χ2v) is 5.55. The van der Waals surface area contributed by atoms with Crippen LogP contribution in [-0.2, 0) is 0 Å². The first-order chi connectivity index (χ1) is 9.00. The van der Waals surface area contributed by atoms with E-state index >= 15 is 0 Å². The summed E-state index contributed by atoms with van der Waals surface area (Å²) >= 11 is 0. The van der Waals surface area contributed by atoms with E-state index in [0.29, 0.717) is 12.1 Å². The molecule has 1 aliphatic rings. The zero-order valence-corrected chi connectivity index (χ0v) is 11.3. The van der Waals surface area contributed by atoms with Gasteiger partial charge in [0.25, 0.3) is 0 Å². The Labute approximate surface area is 112 Å². The van der Waals surface area contributed by atoms with Crippen LogP contribution >= 0.6 is 0 Å². The number of nitrogens with one attached hydrogen (secondary N) is 1. The molecule has 19 heavy (non-hydrogen) atoms. The summed E-state index contributed by atoms with van der Waals surface area (Å²) in [4.78, 5) is 0. The van der Waals surface area contributed by atoms with Gasteiger partial charge in [-0.3, -0.25) is 0 Å². The molecule has 4 heteroatoms. The highest BCUT2D eigenvalue weighted by Gasteiger charge is 2.29. The van der Waals surface area contributed by atoms with Crippen LogP contribution in [0, 0.1) is 11.6 Å². The van der Waals surface area contributed by atoms with Crippen LogP contribution in [0.15, 0.2) is 18.2 Å². The van der Waals surface area contributed by atoms with Crippen LogP contribution in [0.2, 0.25) is 0 Å². The van der Waals surface area contributed by atoms with Crippen molar-refractivity contribution in [1.82, 2.24) is 5.32 Å². The number of hydrogen-bond acceptors (Lipinski definition) is 2. The van der Waals surface area contributed by atoms with Crippen LogP contribution in [-0.4, -0.2) is 17.3 Å². The van der Waals surface area contributed by atoms with Gasteiger partial charge in [0.1, 0.15) is 11.6 Å². The van der Waals surface area contributed by atoms with Crippen LogP contribution in [0.25, 0.3) is 0 Å². The quantitative estimate of drug-likeness (QED) is 0.879. The molecule has 0 saturated heterocycles. The molecule has 1 unspecified atom stereocenters. The molecular weight excluding hydrogens is 248 g/mol. The van der Waals surface area contributed by atoms with E-state index in [4.69, 9.17) is 0 Å². The topological polar surface area (TPSA) is 32.3 Å². The summed E-state index contributed by atoms with van der Waals surface area (Å²) in [5.74, 6) is -1.12. The lowest BCUT2D eigenvalue weighted by molar-refractivity contribution is 0.00292. The molecule has 1 aromatic rings. The molecule has 1 atom stereocenters. The van der Waals surface area contributed by atoms with E-state index in [9.17, 15) is 13.9 Å². The molecule has 0 bridgehead atoms. The Hall–Kier alpha value is -1.00. The van der Waals surface area contributed by atoms with Crippen molar-refractivity contribution in [2.45, 2.75) is 50.7 Å². The lowest BCUT2D eigenvalue weighted by Crippen LogP contribution is -2.43. The van der Waals surface area contributed by atoms with Gasteiger partial charge in [-0.25, -0.2) is 8.78 Å². The molecule has 2 rings (SSSR count). The van der Waals surface area contributed by atoms with Gasteiger partial charge in [0.15, 0.2) is 0 Å². The summed E-state index contributed by atoms with van der Waals surface area (Å²) in [6, 6.07) is 3.36. The SMILES string of the molecule is CC(NCC1(O)CCCCC1)c1ccc(F)cc1F. The van der Waals surface area contributed by atoms with Gasteiger partial charge in [-0.2, -0.15) is 0 Å². The van der Waals surface area contributed by atoms with Gasteiger partial charge < -0.3 is 10.4 Å². The molecule has 2 nitrogen and oxygen atoms in total. The molecular formula is C15H21F2NO. The summed E-state index contributed by atoms with van der Waals surface area (Å²) in [6.45, 7) is 2.27. The van der Waals surface area contributed by atoms with Crippen LogP contribution in [0.5, 0.6) is 0 Å². The third-order valence-corrected chi connectivity index (χ3v) is 3.95. The van der Waals surface area contributed by atoms with Gasteiger partial charge >= 0.3 is 0 Å². The fourth-order valence-corrected chi connectivity index (χ4v) is 2.69. The van der Waals surface area contributed by atoms with E-state index < -0.39 is 17.2 Å². The van der Waals surface area contributed by atoms with Crippen LogP contribution in [0.1, 0.15) is 50.6 Å². The van der Waals surface area contributed by atoms with Crippen molar-refractivity contribution in [2.24, 2.45) is 0 Å². The van der Waals surface area contributed by atoms with Crippen LogP contribution < -0.4 is 5.32 Å². The molecule has 0 aliphatic heterocycles. The average molecular weight is 269 g/mol. The van der Waals surface area contributed by atoms with Gasteiger partial charge in [0.05, 0.1) is 5.60 Å². The Balaban J connectivity index is 1.95. The van der Waals surface area contributed by atoms with E-state index in [1.165, 1.54) is 18.6 Å². The summed E-state index contributed by atoms with van der Waals surface area (Å²) in [6.07, 6.45) is 4.83. The van der Waals surface area contributed by atoms with E-state index in [1.807, 2.05) is 6.92 Å². The molecule has 0 amide bonds. The first-order valence-electron chi connectivity index (χ1n) is 6.91. The number of rotatable bonds is 4. The predicted octanol–water partition coefficient (Wildman–Crippen LogP) is 3.31. The molecule has 0 spiro atoms. The van der Waals surface area contributed by atoms with Crippen molar-refractivity contribution >= 4 is 0 Å². The molecule has 0 heterocycles. The van der Waals surface area contributed by atoms with Crippen molar-refractivity contribution in [3.63, 3.8) is 0 Å². The summed E-state index contributed by atoms with van der Waals surface area (Å²) in [7, 11) is 0. The highest BCUT2D eigenvalue weighted by molar-refractivity contribution is 5.21. The predicted molar refractivity (Wildman–Crippen MR) is 70.8 cm³/mol. The maximum absolute atomic E-state index is 13.6. The molecule has 0 aromatic heterocycles. The highest BCUT2D eigenvalue weighted by atomic mass is 19.1. The smallest absolute Gasteiger partial charge is 0.130 e. The molecule has 106 valence electrons. The number of benzene rings is 1. The largest absolute Gasteiger partial charge is 0.389 e. The monoisotopic (exact) mass is 269 g/mol. The zero-order chi connectivity index (χ0) is 13.9. The lowest BCUT2D eigenvalue weighted by atomic mass is 9.84. The molecule has 1 saturated carbocycles. The molecule has 2 N–H and O–H groups in total. The maximum Gasteiger partial charge on any atom is 0.130 e. The second-order valence-electron chi connectivity index (χ2n) is 5.55. The van der Waals surface area contributed by atoms with Gasteiger partial charge in [-0.05, 0) is 25.8 Å². The lowest BCUT2D eigenvalue weighted by Gasteiger charge is -2.33.